The summed E-state index contributed by atoms with van der Waals surface area (Å²) in [6, 6.07) is 3.06. The van der Waals surface area contributed by atoms with E-state index in [-0.39, 0.29) is 21.5 Å². The van der Waals surface area contributed by atoms with Gasteiger partial charge in [0.25, 0.3) is 0 Å². The minimum Gasteiger partial charge on any atom is -0.478 e. The summed E-state index contributed by atoms with van der Waals surface area (Å²) < 4.78 is 26.6. The fourth-order valence-electron chi connectivity index (χ4n) is 1.38. The maximum absolute atomic E-state index is 12.1. The Hall–Kier alpha value is -0.960. The van der Waals surface area contributed by atoms with E-state index in [1.54, 1.807) is 6.92 Å². The number of aromatic carboxylic acids is 1. The van der Waals surface area contributed by atoms with Crippen LogP contribution in [0.1, 0.15) is 23.7 Å². The van der Waals surface area contributed by atoms with Crippen LogP contribution in [-0.4, -0.2) is 37.2 Å². The zero-order chi connectivity index (χ0) is 14.6. The van der Waals surface area contributed by atoms with Crippen LogP contribution in [0, 0.1) is 0 Å². The average Bonchev–Trinajstić information content (AvgIpc) is 2.35. The molecule has 8 heteroatoms. The number of carboxylic acid groups (broad SMARTS) is 1. The minimum absolute atomic E-state index is 0.0139. The van der Waals surface area contributed by atoms with Gasteiger partial charge in [0.05, 0.1) is 17.1 Å². The molecular formula is C11H14BrNO5S. The van der Waals surface area contributed by atoms with Crippen LogP contribution in [0.3, 0.4) is 0 Å². The van der Waals surface area contributed by atoms with Gasteiger partial charge in [-0.15, -0.1) is 0 Å². The highest BCUT2D eigenvalue weighted by Gasteiger charge is 2.22. The molecule has 1 atom stereocenters. The SMILES string of the molecule is CC[C@@H](CO)NS(=O)(=O)c1ccc(C(=O)O)cc1Br. The molecule has 0 heterocycles. The average molecular weight is 352 g/mol. The van der Waals surface area contributed by atoms with Crippen LogP contribution < -0.4 is 4.72 Å². The number of nitrogens with one attached hydrogen (secondary N) is 1. The molecule has 1 aromatic carbocycles. The van der Waals surface area contributed by atoms with E-state index >= 15 is 0 Å². The molecule has 0 saturated carbocycles. The van der Waals surface area contributed by atoms with Gasteiger partial charge < -0.3 is 10.2 Å². The molecule has 6 nitrogen and oxygen atoms in total. The summed E-state index contributed by atoms with van der Waals surface area (Å²) in [5.41, 5.74) is -0.0139. The first-order chi connectivity index (χ1) is 8.81. The zero-order valence-corrected chi connectivity index (χ0v) is 12.5. The predicted octanol–water partition coefficient (Wildman–Crippen LogP) is 1.20. The van der Waals surface area contributed by atoms with Gasteiger partial charge in [-0.3, -0.25) is 0 Å². The Morgan fingerprint density at radius 3 is 2.53 bits per heavy atom. The van der Waals surface area contributed by atoms with Crippen molar-refractivity contribution in [3.63, 3.8) is 0 Å². The molecule has 0 saturated heterocycles. The number of halogens is 1. The molecule has 0 aromatic heterocycles. The fraction of sp³-hybridized carbons (Fsp3) is 0.364. The van der Waals surface area contributed by atoms with Crippen LogP contribution >= 0.6 is 15.9 Å². The molecule has 0 fully saturated rings. The van der Waals surface area contributed by atoms with Crippen LogP contribution in [0.2, 0.25) is 0 Å². The Kier molecular flexibility index (Phi) is 5.48. The molecule has 0 aliphatic rings. The Balaban J connectivity index is 3.12. The molecule has 106 valence electrons. The van der Waals surface area contributed by atoms with Gasteiger partial charge in [0.15, 0.2) is 0 Å². The first-order valence-corrected chi connectivity index (χ1v) is 7.75. The number of aliphatic hydroxyl groups is 1. The number of aliphatic hydroxyl groups excluding tert-OH is 1. The number of hydrogen-bond donors (Lipinski definition) is 3. The maximum atomic E-state index is 12.1. The molecule has 19 heavy (non-hydrogen) atoms. The molecule has 0 unspecified atom stereocenters. The lowest BCUT2D eigenvalue weighted by Gasteiger charge is -2.15. The third-order valence-corrected chi connectivity index (χ3v) is 5.00. The van der Waals surface area contributed by atoms with E-state index in [2.05, 4.69) is 20.7 Å². The number of rotatable bonds is 6. The van der Waals surface area contributed by atoms with E-state index in [1.165, 1.54) is 18.2 Å². The van der Waals surface area contributed by atoms with Crippen LogP contribution in [0.15, 0.2) is 27.6 Å². The van der Waals surface area contributed by atoms with Gasteiger partial charge >= 0.3 is 5.97 Å². The summed E-state index contributed by atoms with van der Waals surface area (Å²) in [5.74, 6) is -1.14. The largest absolute Gasteiger partial charge is 0.478 e. The van der Waals surface area contributed by atoms with Crippen molar-refractivity contribution in [1.82, 2.24) is 4.72 Å². The third-order valence-electron chi connectivity index (χ3n) is 2.50. The summed E-state index contributed by atoms with van der Waals surface area (Å²) in [4.78, 5) is 10.7. The highest BCUT2D eigenvalue weighted by atomic mass is 79.9. The second-order valence-corrected chi connectivity index (χ2v) is 6.40. The zero-order valence-electron chi connectivity index (χ0n) is 10.1. The summed E-state index contributed by atoms with van der Waals surface area (Å²) in [7, 11) is -3.81. The van der Waals surface area contributed by atoms with Gasteiger partial charge in [-0.1, -0.05) is 6.92 Å². The molecule has 0 bridgehead atoms. The highest BCUT2D eigenvalue weighted by molar-refractivity contribution is 9.10. The lowest BCUT2D eigenvalue weighted by atomic mass is 10.2. The first-order valence-electron chi connectivity index (χ1n) is 5.47. The van der Waals surface area contributed by atoms with Crippen molar-refractivity contribution in [2.45, 2.75) is 24.3 Å². The molecule has 0 spiro atoms. The molecule has 1 rings (SSSR count). The van der Waals surface area contributed by atoms with Crippen molar-refractivity contribution >= 4 is 31.9 Å². The van der Waals surface area contributed by atoms with Crippen molar-refractivity contribution in [1.29, 1.82) is 0 Å². The van der Waals surface area contributed by atoms with Crippen LogP contribution in [0.25, 0.3) is 0 Å². The van der Waals surface area contributed by atoms with E-state index in [0.717, 1.165) is 0 Å². The number of carbonyl (C=O) groups is 1. The third kappa shape index (κ3) is 4.00. The Morgan fingerprint density at radius 2 is 2.11 bits per heavy atom. The minimum atomic E-state index is -3.81. The Labute approximate surface area is 119 Å². The van der Waals surface area contributed by atoms with Crippen molar-refractivity contribution in [2.24, 2.45) is 0 Å². The van der Waals surface area contributed by atoms with Gasteiger partial charge in [-0.25, -0.2) is 17.9 Å². The summed E-state index contributed by atoms with van der Waals surface area (Å²) in [6.07, 6.45) is 0.445. The van der Waals surface area contributed by atoms with Crippen molar-refractivity contribution in [2.75, 3.05) is 6.61 Å². The normalized spacial score (nSPS) is 13.2. The lowest BCUT2D eigenvalue weighted by molar-refractivity contribution is 0.0696. The molecule has 0 aliphatic heterocycles. The molecule has 0 radical (unpaired) electrons. The smallest absolute Gasteiger partial charge is 0.335 e. The standard InChI is InChI=1S/C11H14BrNO5S/c1-2-8(6-14)13-19(17,18)10-4-3-7(11(15)16)5-9(10)12/h3-5,8,13-14H,2,6H2,1H3,(H,15,16)/t8-/m0/s1. The molecule has 0 amide bonds. The van der Waals surface area contributed by atoms with Gasteiger partial charge in [-0.2, -0.15) is 0 Å². The number of benzene rings is 1. The van der Waals surface area contributed by atoms with E-state index in [9.17, 15) is 13.2 Å². The van der Waals surface area contributed by atoms with Crippen molar-refractivity contribution < 1.29 is 23.4 Å². The second kappa shape index (κ2) is 6.47. The Bertz CT molecular complexity index is 568. The lowest BCUT2D eigenvalue weighted by Crippen LogP contribution is -2.37. The van der Waals surface area contributed by atoms with Gasteiger partial charge in [0, 0.05) is 10.5 Å². The topological polar surface area (TPSA) is 104 Å². The summed E-state index contributed by atoms with van der Waals surface area (Å²) in [6.45, 7) is 1.44. The maximum Gasteiger partial charge on any atom is 0.335 e. The van der Waals surface area contributed by atoms with Gasteiger partial charge in [-0.05, 0) is 40.5 Å². The molecular weight excluding hydrogens is 338 g/mol. The quantitative estimate of drug-likeness (QED) is 0.714. The highest BCUT2D eigenvalue weighted by Crippen LogP contribution is 2.23. The van der Waals surface area contributed by atoms with Crippen LogP contribution in [0.4, 0.5) is 0 Å². The molecule has 3 N–H and O–H groups in total. The van der Waals surface area contributed by atoms with E-state index in [0.29, 0.717) is 6.42 Å². The van der Waals surface area contributed by atoms with E-state index in [1.807, 2.05) is 0 Å². The van der Waals surface area contributed by atoms with E-state index in [4.69, 9.17) is 10.2 Å². The van der Waals surface area contributed by atoms with Gasteiger partial charge in [0.2, 0.25) is 10.0 Å². The number of carboxylic acids is 1. The second-order valence-electron chi connectivity index (χ2n) is 3.86. The van der Waals surface area contributed by atoms with Gasteiger partial charge in [0.1, 0.15) is 0 Å². The Morgan fingerprint density at radius 1 is 1.47 bits per heavy atom. The van der Waals surface area contributed by atoms with Crippen LogP contribution in [-0.2, 0) is 10.0 Å². The first kappa shape index (κ1) is 16.1. The number of sulfonamides is 1. The summed E-state index contributed by atoms with van der Waals surface area (Å²) in [5, 5.41) is 17.8. The van der Waals surface area contributed by atoms with Crippen molar-refractivity contribution in [3.05, 3.63) is 28.2 Å². The monoisotopic (exact) mass is 351 g/mol. The molecule has 1 aromatic rings. The predicted molar refractivity (Wildman–Crippen MR) is 72.6 cm³/mol. The van der Waals surface area contributed by atoms with Crippen LogP contribution in [0.5, 0.6) is 0 Å². The molecule has 0 aliphatic carbocycles. The van der Waals surface area contributed by atoms with Crippen molar-refractivity contribution in [3.8, 4) is 0 Å². The van der Waals surface area contributed by atoms with E-state index < -0.39 is 22.0 Å². The summed E-state index contributed by atoms with van der Waals surface area (Å²) >= 11 is 3.04. The number of hydrogen-bond acceptors (Lipinski definition) is 4. The fourth-order valence-corrected chi connectivity index (χ4v) is 3.77.